The first-order valence-electron chi connectivity index (χ1n) is 8.51. The molecule has 0 saturated heterocycles. The third-order valence-corrected chi connectivity index (χ3v) is 4.72. The predicted molar refractivity (Wildman–Crippen MR) is 97.7 cm³/mol. The maximum atomic E-state index is 12.3. The van der Waals surface area contributed by atoms with Gasteiger partial charge in [-0.3, -0.25) is 4.79 Å². The lowest BCUT2D eigenvalue weighted by molar-refractivity contribution is -0.142. The molecule has 26 heavy (non-hydrogen) atoms. The molecule has 4 N–H and O–H groups in total. The number of allylic oxidation sites excluding steroid dienone is 2. The molecule has 0 amide bonds. The maximum absolute atomic E-state index is 12.3. The molecule has 0 heterocycles. The Hall–Kier alpha value is -2.44. The number of carboxylic acids is 2. The Morgan fingerprint density at radius 3 is 2.54 bits per heavy atom. The van der Waals surface area contributed by atoms with E-state index in [1.807, 2.05) is 19.9 Å². The van der Waals surface area contributed by atoms with Crippen molar-refractivity contribution >= 4 is 11.9 Å². The Labute approximate surface area is 153 Å². The van der Waals surface area contributed by atoms with Crippen LogP contribution in [0.5, 0.6) is 0 Å². The van der Waals surface area contributed by atoms with E-state index < -0.39 is 17.4 Å². The highest BCUT2D eigenvalue weighted by atomic mass is 16.5. The summed E-state index contributed by atoms with van der Waals surface area (Å²) in [6.07, 6.45) is 2.99. The summed E-state index contributed by atoms with van der Waals surface area (Å²) in [4.78, 5) is 23.9. The van der Waals surface area contributed by atoms with E-state index >= 15 is 0 Å². The van der Waals surface area contributed by atoms with Crippen LogP contribution >= 0.6 is 0 Å². The third kappa shape index (κ3) is 3.71. The molecule has 0 fully saturated rings. The van der Waals surface area contributed by atoms with E-state index in [1.165, 1.54) is 0 Å². The molecule has 0 saturated carbocycles. The molecule has 0 bridgehead atoms. The van der Waals surface area contributed by atoms with Gasteiger partial charge in [0.2, 0.25) is 0 Å². The summed E-state index contributed by atoms with van der Waals surface area (Å²) < 4.78 is 5.72. The summed E-state index contributed by atoms with van der Waals surface area (Å²) in [5, 5.41) is 19.5. The molecule has 140 valence electrons. The standard InChI is InChI=1S/C20H25NO5/c1-12(2)26-11-16-14(10-21)5-4-6-17(16)20(19(24)25)8-7-13(3)15(9-20)18(22)23/h4-8,12H,9-11,21H2,1-3H3,(H,22,23)(H,24,25). The molecule has 1 aliphatic carbocycles. The number of carboxylic acid groups (broad SMARTS) is 2. The number of nitrogens with two attached hydrogens (primary N) is 1. The minimum atomic E-state index is -1.46. The van der Waals surface area contributed by atoms with Crippen LogP contribution in [0, 0.1) is 0 Å². The first-order chi connectivity index (χ1) is 12.2. The van der Waals surface area contributed by atoms with E-state index in [-0.39, 0.29) is 31.2 Å². The summed E-state index contributed by atoms with van der Waals surface area (Å²) in [7, 11) is 0. The zero-order chi connectivity index (χ0) is 19.5. The van der Waals surface area contributed by atoms with Gasteiger partial charge in [-0.05, 0) is 43.0 Å². The average molecular weight is 359 g/mol. The van der Waals surface area contributed by atoms with Crippen molar-refractivity contribution in [3.8, 4) is 0 Å². The molecule has 0 aromatic heterocycles. The molecule has 6 heteroatoms. The Balaban J connectivity index is 2.64. The van der Waals surface area contributed by atoms with Crippen molar-refractivity contribution in [1.29, 1.82) is 0 Å². The van der Waals surface area contributed by atoms with Gasteiger partial charge in [0.1, 0.15) is 5.41 Å². The topological polar surface area (TPSA) is 110 Å². The smallest absolute Gasteiger partial charge is 0.331 e. The van der Waals surface area contributed by atoms with Gasteiger partial charge in [-0.25, -0.2) is 4.79 Å². The first kappa shape index (κ1) is 19.9. The summed E-state index contributed by atoms with van der Waals surface area (Å²) >= 11 is 0. The van der Waals surface area contributed by atoms with E-state index in [1.54, 1.807) is 31.2 Å². The summed E-state index contributed by atoms with van der Waals surface area (Å²) in [6.45, 7) is 5.92. The minimum absolute atomic E-state index is 0.0342. The van der Waals surface area contributed by atoms with E-state index in [2.05, 4.69) is 0 Å². The second-order valence-corrected chi connectivity index (χ2v) is 6.76. The van der Waals surface area contributed by atoms with Crippen LogP contribution in [-0.2, 0) is 32.9 Å². The van der Waals surface area contributed by atoms with Gasteiger partial charge in [0.05, 0.1) is 12.7 Å². The fourth-order valence-corrected chi connectivity index (χ4v) is 3.20. The van der Waals surface area contributed by atoms with Crippen LogP contribution in [-0.4, -0.2) is 28.3 Å². The van der Waals surface area contributed by atoms with Crippen LogP contribution in [0.1, 0.15) is 43.9 Å². The zero-order valence-corrected chi connectivity index (χ0v) is 15.3. The van der Waals surface area contributed by atoms with Crippen LogP contribution in [0.2, 0.25) is 0 Å². The largest absolute Gasteiger partial charge is 0.480 e. The predicted octanol–water partition coefficient (Wildman–Crippen LogP) is 2.75. The fraction of sp³-hybridized carbons (Fsp3) is 0.400. The molecule has 1 aliphatic rings. The molecule has 6 nitrogen and oxygen atoms in total. The van der Waals surface area contributed by atoms with E-state index in [9.17, 15) is 19.8 Å². The third-order valence-electron chi connectivity index (χ3n) is 4.72. The van der Waals surface area contributed by atoms with Crippen molar-refractivity contribution < 1.29 is 24.5 Å². The second-order valence-electron chi connectivity index (χ2n) is 6.76. The van der Waals surface area contributed by atoms with Crippen LogP contribution < -0.4 is 5.73 Å². The Morgan fingerprint density at radius 1 is 1.31 bits per heavy atom. The van der Waals surface area contributed by atoms with Gasteiger partial charge >= 0.3 is 11.9 Å². The summed E-state index contributed by atoms with van der Waals surface area (Å²) in [5.41, 5.74) is 7.07. The van der Waals surface area contributed by atoms with Gasteiger partial charge < -0.3 is 20.7 Å². The van der Waals surface area contributed by atoms with Crippen molar-refractivity contribution in [2.45, 2.75) is 51.9 Å². The highest BCUT2D eigenvalue weighted by Gasteiger charge is 2.43. The van der Waals surface area contributed by atoms with Gasteiger partial charge in [0.15, 0.2) is 0 Å². The molecule has 0 spiro atoms. The van der Waals surface area contributed by atoms with E-state index in [0.29, 0.717) is 16.7 Å². The lowest BCUT2D eigenvalue weighted by atomic mass is 9.69. The molecule has 1 unspecified atom stereocenters. The van der Waals surface area contributed by atoms with Gasteiger partial charge in [-0.2, -0.15) is 0 Å². The molecule has 1 aromatic carbocycles. The van der Waals surface area contributed by atoms with Crippen LogP contribution in [0.3, 0.4) is 0 Å². The normalized spacial score (nSPS) is 19.9. The monoisotopic (exact) mass is 359 g/mol. The molecular formula is C20H25NO5. The molecular weight excluding hydrogens is 334 g/mol. The first-order valence-corrected chi connectivity index (χ1v) is 8.51. The van der Waals surface area contributed by atoms with Crippen molar-refractivity contribution in [3.05, 3.63) is 58.2 Å². The Kier molecular flexibility index (Phi) is 6.00. The maximum Gasteiger partial charge on any atom is 0.331 e. The number of hydrogen-bond acceptors (Lipinski definition) is 4. The van der Waals surface area contributed by atoms with Crippen LogP contribution in [0.4, 0.5) is 0 Å². The van der Waals surface area contributed by atoms with E-state index in [4.69, 9.17) is 10.5 Å². The molecule has 1 atom stereocenters. The van der Waals surface area contributed by atoms with Crippen molar-refractivity contribution in [3.63, 3.8) is 0 Å². The summed E-state index contributed by atoms with van der Waals surface area (Å²) in [6, 6.07) is 5.31. The molecule has 0 aliphatic heterocycles. The number of rotatable bonds is 7. The molecule has 1 aromatic rings. The highest BCUT2D eigenvalue weighted by molar-refractivity contribution is 5.94. The lowest BCUT2D eigenvalue weighted by Gasteiger charge is -2.33. The quantitative estimate of drug-likeness (QED) is 0.690. The highest BCUT2D eigenvalue weighted by Crippen LogP contribution is 2.40. The van der Waals surface area contributed by atoms with Gasteiger partial charge in [-0.15, -0.1) is 0 Å². The molecule has 0 radical (unpaired) electrons. The molecule has 2 rings (SSSR count). The number of hydrogen-bond donors (Lipinski definition) is 3. The number of ether oxygens (including phenoxy) is 1. The van der Waals surface area contributed by atoms with Crippen molar-refractivity contribution in [2.24, 2.45) is 5.73 Å². The minimum Gasteiger partial charge on any atom is -0.480 e. The van der Waals surface area contributed by atoms with Crippen LogP contribution in [0.25, 0.3) is 0 Å². The second kappa shape index (κ2) is 7.85. The van der Waals surface area contributed by atoms with Crippen LogP contribution in [0.15, 0.2) is 41.5 Å². The SMILES string of the molecule is CC1=C(C(=O)O)CC(C(=O)O)(c2cccc(CN)c2COC(C)C)C=C1. The number of carbonyl (C=O) groups is 2. The number of benzene rings is 1. The summed E-state index contributed by atoms with van der Waals surface area (Å²) in [5.74, 6) is -2.20. The number of aliphatic carboxylic acids is 2. The van der Waals surface area contributed by atoms with E-state index in [0.717, 1.165) is 5.56 Å². The Bertz CT molecular complexity index is 778. The van der Waals surface area contributed by atoms with Crippen molar-refractivity contribution in [2.75, 3.05) is 0 Å². The van der Waals surface area contributed by atoms with Crippen molar-refractivity contribution in [1.82, 2.24) is 0 Å². The Morgan fingerprint density at radius 2 is 2.00 bits per heavy atom. The lowest BCUT2D eigenvalue weighted by Crippen LogP contribution is -2.38. The van der Waals surface area contributed by atoms with Gasteiger partial charge in [0, 0.05) is 18.5 Å². The zero-order valence-electron chi connectivity index (χ0n) is 15.3. The average Bonchev–Trinajstić information content (AvgIpc) is 2.59. The van der Waals surface area contributed by atoms with Gasteiger partial charge in [0.25, 0.3) is 0 Å². The fourth-order valence-electron chi connectivity index (χ4n) is 3.20. The van der Waals surface area contributed by atoms with Gasteiger partial charge in [-0.1, -0.05) is 30.4 Å².